The minimum Gasteiger partial charge on any atom is -0.341 e. The number of piperidine rings is 1. The van der Waals surface area contributed by atoms with Crippen LogP contribution in [0.25, 0.3) is 10.8 Å². The summed E-state index contributed by atoms with van der Waals surface area (Å²) in [7, 11) is -3.66. The summed E-state index contributed by atoms with van der Waals surface area (Å²) in [6.07, 6.45) is 2.10. The van der Waals surface area contributed by atoms with Crippen molar-refractivity contribution >= 4 is 32.4 Å². The van der Waals surface area contributed by atoms with Gasteiger partial charge in [-0.2, -0.15) is 0 Å². The van der Waals surface area contributed by atoms with E-state index >= 15 is 0 Å². The van der Waals surface area contributed by atoms with Crippen molar-refractivity contribution in [3.8, 4) is 0 Å². The second kappa shape index (κ2) is 5.48. The van der Waals surface area contributed by atoms with Crippen LogP contribution in [-0.2, 0) is 14.8 Å². The molecule has 4 rings (SSSR count). The molecule has 2 aromatic rings. The molecular formula is C18H20N2O3S. The minimum atomic E-state index is -3.66. The van der Waals surface area contributed by atoms with Gasteiger partial charge in [0.05, 0.1) is 10.6 Å². The number of nitrogens with zero attached hydrogens (tertiary/aromatic N) is 2. The van der Waals surface area contributed by atoms with E-state index in [0.717, 1.165) is 23.6 Å². The van der Waals surface area contributed by atoms with E-state index in [1.165, 1.54) is 4.31 Å². The van der Waals surface area contributed by atoms with E-state index in [0.29, 0.717) is 29.6 Å². The summed E-state index contributed by atoms with van der Waals surface area (Å²) in [6.45, 7) is 3.43. The van der Waals surface area contributed by atoms with E-state index in [9.17, 15) is 13.2 Å². The molecule has 0 aromatic heterocycles. The fourth-order valence-corrected chi connectivity index (χ4v) is 5.43. The Morgan fingerprint density at radius 1 is 1.21 bits per heavy atom. The summed E-state index contributed by atoms with van der Waals surface area (Å²) in [5.41, 5.74) is 0.613. The average Bonchev–Trinajstić information content (AvgIpc) is 2.78. The second-order valence-electron chi connectivity index (χ2n) is 6.73. The third-order valence-electron chi connectivity index (χ3n) is 4.97. The quantitative estimate of drug-likeness (QED) is 0.841. The highest BCUT2D eigenvalue weighted by atomic mass is 32.2. The molecule has 1 fully saturated rings. The fraction of sp³-hybridized carbons (Fsp3) is 0.389. The van der Waals surface area contributed by atoms with Crippen LogP contribution in [0.15, 0.2) is 41.3 Å². The lowest BCUT2D eigenvalue weighted by Gasteiger charge is -2.32. The summed E-state index contributed by atoms with van der Waals surface area (Å²) in [5.74, 6) is 0.355. The maximum Gasteiger partial charge on any atom is 0.265 e. The lowest BCUT2D eigenvalue weighted by atomic mass is 10.0. The van der Waals surface area contributed by atoms with Crippen molar-refractivity contribution in [3.63, 3.8) is 0 Å². The first-order valence-electron chi connectivity index (χ1n) is 8.31. The number of likely N-dealkylation sites (tertiary alicyclic amines) is 1. The first-order chi connectivity index (χ1) is 11.5. The van der Waals surface area contributed by atoms with Crippen LogP contribution in [0.2, 0.25) is 0 Å². The molecule has 5 nitrogen and oxygen atoms in total. The largest absolute Gasteiger partial charge is 0.341 e. The number of hydrogen-bond donors (Lipinski definition) is 0. The number of benzene rings is 2. The lowest BCUT2D eigenvalue weighted by molar-refractivity contribution is -0.131. The van der Waals surface area contributed by atoms with Crippen LogP contribution in [-0.4, -0.2) is 38.9 Å². The molecule has 0 spiro atoms. The highest BCUT2D eigenvalue weighted by molar-refractivity contribution is 7.93. The first-order valence-corrected chi connectivity index (χ1v) is 9.75. The maximum atomic E-state index is 12.9. The van der Waals surface area contributed by atoms with E-state index in [-0.39, 0.29) is 12.5 Å². The molecule has 24 heavy (non-hydrogen) atoms. The van der Waals surface area contributed by atoms with Crippen molar-refractivity contribution in [2.45, 2.75) is 24.7 Å². The van der Waals surface area contributed by atoms with Gasteiger partial charge in [-0.1, -0.05) is 31.2 Å². The van der Waals surface area contributed by atoms with E-state index in [1.807, 2.05) is 18.2 Å². The molecule has 0 radical (unpaired) electrons. The number of carbonyl (C=O) groups is 1. The van der Waals surface area contributed by atoms with Gasteiger partial charge in [0.1, 0.15) is 6.54 Å². The Kier molecular flexibility index (Phi) is 3.53. The van der Waals surface area contributed by atoms with Crippen LogP contribution in [0, 0.1) is 5.92 Å². The van der Waals surface area contributed by atoms with Gasteiger partial charge in [-0.3, -0.25) is 9.10 Å². The Hall–Kier alpha value is -2.08. The molecule has 1 amide bonds. The van der Waals surface area contributed by atoms with Crippen molar-refractivity contribution in [2.75, 3.05) is 23.9 Å². The molecule has 1 atom stereocenters. The Morgan fingerprint density at radius 2 is 1.96 bits per heavy atom. The molecular weight excluding hydrogens is 324 g/mol. The van der Waals surface area contributed by atoms with Gasteiger partial charge < -0.3 is 4.90 Å². The molecule has 126 valence electrons. The van der Waals surface area contributed by atoms with Gasteiger partial charge in [0.2, 0.25) is 5.91 Å². The van der Waals surface area contributed by atoms with Crippen molar-refractivity contribution in [2.24, 2.45) is 5.92 Å². The van der Waals surface area contributed by atoms with Gasteiger partial charge in [0, 0.05) is 18.5 Å². The second-order valence-corrected chi connectivity index (χ2v) is 8.56. The van der Waals surface area contributed by atoms with E-state index < -0.39 is 10.0 Å². The summed E-state index contributed by atoms with van der Waals surface area (Å²) in [5, 5.41) is 1.61. The van der Waals surface area contributed by atoms with Crippen molar-refractivity contribution in [3.05, 3.63) is 36.4 Å². The molecule has 2 aliphatic heterocycles. The highest BCUT2D eigenvalue weighted by Crippen LogP contribution is 2.41. The Labute approximate surface area is 141 Å². The third-order valence-corrected chi connectivity index (χ3v) is 6.77. The van der Waals surface area contributed by atoms with Gasteiger partial charge in [0.15, 0.2) is 0 Å². The molecule has 6 heteroatoms. The molecule has 0 saturated carbocycles. The standard InChI is InChI=1S/C18H20N2O3S/c1-13-5-4-10-19(11-13)17(21)12-20-15-8-2-6-14-7-3-9-16(18(14)15)24(20,22)23/h2-3,6-9,13H,4-5,10-12H2,1H3. The number of amides is 1. The molecule has 2 aromatic carbocycles. The number of hydrogen-bond acceptors (Lipinski definition) is 3. The predicted octanol–water partition coefficient (Wildman–Crippen LogP) is 2.61. The third kappa shape index (κ3) is 2.28. The summed E-state index contributed by atoms with van der Waals surface area (Å²) in [6, 6.07) is 10.8. The van der Waals surface area contributed by atoms with Crippen LogP contribution in [0.1, 0.15) is 19.8 Å². The maximum absolute atomic E-state index is 12.9. The molecule has 2 aliphatic rings. The zero-order valence-electron chi connectivity index (χ0n) is 13.6. The smallest absolute Gasteiger partial charge is 0.265 e. The molecule has 1 saturated heterocycles. The van der Waals surface area contributed by atoms with Gasteiger partial charge in [0.25, 0.3) is 10.0 Å². The van der Waals surface area contributed by atoms with Crippen LogP contribution < -0.4 is 4.31 Å². The summed E-state index contributed by atoms with van der Waals surface area (Å²) < 4.78 is 27.1. The van der Waals surface area contributed by atoms with Crippen molar-refractivity contribution < 1.29 is 13.2 Å². The van der Waals surface area contributed by atoms with Crippen molar-refractivity contribution in [1.29, 1.82) is 0 Å². The average molecular weight is 344 g/mol. The summed E-state index contributed by atoms with van der Waals surface area (Å²) >= 11 is 0. The van der Waals surface area contributed by atoms with Gasteiger partial charge in [-0.15, -0.1) is 0 Å². The predicted molar refractivity (Wildman–Crippen MR) is 93.5 cm³/mol. The van der Waals surface area contributed by atoms with Crippen LogP contribution in [0.4, 0.5) is 5.69 Å². The number of sulfonamides is 1. The Morgan fingerprint density at radius 3 is 2.71 bits per heavy atom. The van der Waals surface area contributed by atoms with Gasteiger partial charge in [-0.25, -0.2) is 8.42 Å². The molecule has 0 bridgehead atoms. The fourth-order valence-electron chi connectivity index (χ4n) is 3.77. The normalized spacial score (nSPS) is 22.1. The van der Waals surface area contributed by atoms with E-state index in [1.54, 1.807) is 23.1 Å². The molecule has 0 aliphatic carbocycles. The zero-order valence-corrected chi connectivity index (χ0v) is 14.4. The number of carbonyl (C=O) groups excluding carboxylic acids is 1. The van der Waals surface area contributed by atoms with Gasteiger partial charge in [-0.05, 0) is 36.3 Å². The SMILES string of the molecule is CC1CCCN(C(=O)CN2c3cccc4cccc(c34)S2(=O)=O)C1. The zero-order chi connectivity index (χ0) is 16.9. The van der Waals surface area contributed by atoms with Crippen LogP contribution in [0.3, 0.4) is 0 Å². The van der Waals surface area contributed by atoms with E-state index in [4.69, 9.17) is 0 Å². The first kappa shape index (κ1) is 15.4. The molecule has 2 heterocycles. The monoisotopic (exact) mass is 344 g/mol. The minimum absolute atomic E-state index is 0.116. The topological polar surface area (TPSA) is 57.7 Å². The summed E-state index contributed by atoms with van der Waals surface area (Å²) in [4.78, 5) is 14.8. The van der Waals surface area contributed by atoms with Crippen LogP contribution >= 0.6 is 0 Å². The lowest BCUT2D eigenvalue weighted by Crippen LogP contribution is -2.45. The number of anilines is 1. The molecule has 0 N–H and O–H groups in total. The highest BCUT2D eigenvalue weighted by Gasteiger charge is 2.37. The Bertz CT molecular complexity index is 918. The van der Waals surface area contributed by atoms with Crippen LogP contribution in [0.5, 0.6) is 0 Å². The number of rotatable bonds is 2. The van der Waals surface area contributed by atoms with E-state index in [2.05, 4.69) is 6.92 Å². The Balaban J connectivity index is 1.70. The molecule has 1 unspecified atom stereocenters. The van der Waals surface area contributed by atoms with Crippen molar-refractivity contribution in [1.82, 2.24) is 4.90 Å². The van der Waals surface area contributed by atoms with Gasteiger partial charge >= 0.3 is 0 Å².